The first-order chi connectivity index (χ1) is 16.7. The lowest BCUT2D eigenvalue weighted by atomic mass is 9.71. The van der Waals surface area contributed by atoms with Crippen LogP contribution in [0.2, 0.25) is 0 Å². The van der Waals surface area contributed by atoms with Crippen LogP contribution in [0.4, 0.5) is 8.78 Å². The molecule has 2 aromatic rings. The van der Waals surface area contributed by atoms with Crippen LogP contribution in [-0.2, 0) is 11.3 Å². The zero-order valence-corrected chi connectivity index (χ0v) is 20.6. The maximum absolute atomic E-state index is 13.5. The standard InChI is InChI=1S/C28H36F2N2O3/c1-27(2,34)28(25(33)31-19-20-7-6-10-24(17-20)35-26(29)30)14-11-23(18-28)32-15-12-22(13-16-32)21-8-4-3-5-9-21/h3-10,17,22-23,26,34H,11-16,18-19H2,1-2H3,(H,31,33)/t23-,28-/m1/s1. The molecule has 7 heteroatoms. The van der Waals surface area contributed by atoms with Crippen molar-refractivity contribution in [2.75, 3.05) is 13.1 Å². The molecule has 1 saturated carbocycles. The molecule has 2 aliphatic rings. The van der Waals surface area contributed by atoms with Gasteiger partial charge in [0, 0.05) is 12.6 Å². The molecule has 1 amide bonds. The topological polar surface area (TPSA) is 61.8 Å². The zero-order valence-electron chi connectivity index (χ0n) is 20.6. The number of carbonyl (C=O) groups is 1. The van der Waals surface area contributed by atoms with Crippen LogP contribution in [0, 0.1) is 5.41 Å². The average molecular weight is 487 g/mol. The lowest BCUT2D eigenvalue weighted by Gasteiger charge is -2.41. The molecule has 190 valence electrons. The van der Waals surface area contributed by atoms with E-state index in [-0.39, 0.29) is 24.2 Å². The van der Waals surface area contributed by atoms with Crippen molar-refractivity contribution in [3.8, 4) is 5.75 Å². The Labute approximate surface area is 206 Å². The molecule has 4 rings (SSSR count). The molecular weight excluding hydrogens is 450 g/mol. The van der Waals surface area contributed by atoms with Crippen molar-refractivity contribution in [2.24, 2.45) is 5.41 Å². The van der Waals surface area contributed by atoms with Crippen molar-refractivity contribution in [1.29, 1.82) is 0 Å². The second kappa shape index (κ2) is 10.6. The smallest absolute Gasteiger partial charge is 0.387 e. The van der Waals surface area contributed by atoms with Gasteiger partial charge in [-0.1, -0.05) is 42.5 Å². The molecular formula is C28H36F2N2O3. The highest BCUT2D eigenvalue weighted by molar-refractivity contribution is 5.84. The van der Waals surface area contributed by atoms with E-state index in [1.54, 1.807) is 26.0 Å². The number of aliphatic hydroxyl groups is 1. The molecule has 1 aliphatic carbocycles. The molecule has 2 N–H and O–H groups in total. The monoisotopic (exact) mass is 486 g/mol. The molecule has 1 heterocycles. The van der Waals surface area contributed by atoms with Crippen LogP contribution in [0.25, 0.3) is 0 Å². The largest absolute Gasteiger partial charge is 0.435 e. The molecule has 0 radical (unpaired) electrons. The molecule has 0 unspecified atom stereocenters. The third-order valence-corrected chi connectivity index (χ3v) is 7.99. The quantitative estimate of drug-likeness (QED) is 0.546. The number of rotatable bonds is 8. The number of amides is 1. The summed E-state index contributed by atoms with van der Waals surface area (Å²) in [5, 5.41) is 14.1. The Morgan fingerprint density at radius 3 is 2.51 bits per heavy atom. The van der Waals surface area contributed by atoms with Crippen molar-refractivity contribution in [3.05, 3.63) is 65.7 Å². The number of nitrogens with zero attached hydrogens (tertiary/aromatic N) is 1. The van der Waals surface area contributed by atoms with E-state index in [4.69, 9.17) is 0 Å². The Morgan fingerprint density at radius 2 is 1.86 bits per heavy atom. The second-order valence-corrected chi connectivity index (χ2v) is 10.5. The molecule has 35 heavy (non-hydrogen) atoms. The Balaban J connectivity index is 1.38. The van der Waals surface area contributed by atoms with Crippen molar-refractivity contribution in [1.82, 2.24) is 10.2 Å². The van der Waals surface area contributed by atoms with E-state index in [0.29, 0.717) is 24.3 Å². The van der Waals surface area contributed by atoms with E-state index in [2.05, 4.69) is 39.2 Å². The number of halogens is 2. The molecule has 2 fully saturated rings. The highest BCUT2D eigenvalue weighted by atomic mass is 19.3. The first-order valence-corrected chi connectivity index (χ1v) is 12.5. The van der Waals surface area contributed by atoms with Crippen molar-refractivity contribution >= 4 is 5.91 Å². The van der Waals surface area contributed by atoms with Gasteiger partial charge in [0.05, 0.1) is 11.0 Å². The van der Waals surface area contributed by atoms with E-state index in [0.717, 1.165) is 32.4 Å². The predicted molar refractivity (Wildman–Crippen MR) is 131 cm³/mol. The summed E-state index contributed by atoms with van der Waals surface area (Å²) in [5.74, 6) is 0.441. The maximum atomic E-state index is 13.5. The maximum Gasteiger partial charge on any atom is 0.387 e. The third-order valence-electron chi connectivity index (χ3n) is 7.99. The molecule has 2 atom stereocenters. The lowest BCUT2D eigenvalue weighted by molar-refractivity contribution is -0.147. The van der Waals surface area contributed by atoms with Crippen LogP contribution < -0.4 is 10.1 Å². The van der Waals surface area contributed by atoms with E-state index >= 15 is 0 Å². The number of nitrogens with one attached hydrogen (secondary N) is 1. The summed E-state index contributed by atoms with van der Waals surface area (Å²) in [6, 6.07) is 17.2. The lowest BCUT2D eigenvalue weighted by Crippen LogP contribution is -2.53. The molecule has 1 aliphatic heterocycles. The highest BCUT2D eigenvalue weighted by Gasteiger charge is 2.55. The van der Waals surface area contributed by atoms with Crippen molar-refractivity contribution in [2.45, 2.75) is 76.7 Å². The molecule has 2 aromatic carbocycles. The minimum atomic E-state index is -2.90. The van der Waals surface area contributed by atoms with Gasteiger partial charge in [0.15, 0.2) is 0 Å². The second-order valence-electron chi connectivity index (χ2n) is 10.5. The summed E-state index contributed by atoms with van der Waals surface area (Å²) in [6.45, 7) is 2.70. The fourth-order valence-electron chi connectivity index (χ4n) is 5.88. The van der Waals surface area contributed by atoms with Crippen LogP contribution in [-0.4, -0.2) is 47.3 Å². The van der Waals surface area contributed by atoms with Gasteiger partial charge in [0.25, 0.3) is 0 Å². The number of carbonyl (C=O) groups excluding carboxylic acids is 1. The number of hydrogen-bond acceptors (Lipinski definition) is 4. The van der Waals surface area contributed by atoms with Crippen LogP contribution in [0.1, 0.15) is 63.0 Å². The molecule has 0 spiro atoms. The van der Waals surface area contributed by atoms with Gasteiger partial charge >= 0.3 is 6.61 Å². The summed E-state index contributed by atoms with van der Waals surface area (Å²) < 4.78 is 29.5. The third kappa shape index (κ3) is 5.84. The summed E-state index contributed by atoms with van der Waals surface area (Å²) in [7, 11) is 0. The van der Waals surface area contributed by atoms with Crippen molar-refractivity contribution in [3.63, 3.8) is 0 Å². The minimum absolute atomic E-state index is 0.0591. The summed E-state index contributed by atoms with van der Waals surface area (Å²) in [6.07, 6.45) is 4.27. The number of piperidine rings is 1. The Morgan fingerprint density at radius 1 is 1.14 bits per heavy atom. The number of hydrogen-bond donors (Lipinski definition) is 2. The van der Waals surface area contributed by atoms with Crippen LogP contribution >= 0.6 is 0 Å². The first kappa shape index (κ1) is 25.6. The Bertz CT molecular complexity index is 987. The zero-order chi connectivity index (χ0) is 25.1. The van der Waals surface area contributed by atoms with Crippen LogP contribution in [0.5, 0.6) is 5.75 Å². The number of likely N-dealkylation sites (tertiary alicyclic amines) is 1. The van der Waals surface area contributed by atoms with E-state index < -0.39 is 17.6 Å². The van der Waals surface area contributed by atoms with Gasteiger partial charge in [-0.3, -0.25) is 4.79 Å². The fraction of sp³-hybridized carbons (Fsp3) is 0.536. The number of alkyl halides is 2. The molecule has 5 nitrogen and oxygen atoms in total. The predicted octanol–water partition coefficient (Wildman–Crippen LogP) is 5.09. The Hall–Kier alpha value is -2.51. The summed E-state index contributed by atoms with van der Waals surface area (Å²) in [5.41, 5.74) is -0.0217. The van der Waals surface area contributed by atoms with Crippen LogP contribution in [0.15, 0.2) is 54.6 Å². The van der Waals surface area contributed by atoms with Gasteiger partial charge in [-0.2, -0.15) is 8.78 Å². The van der Waals surface area contributed by atoms with Gasteiger partial charge in [0.1, 0.15) is 5.75 Å². The molecule has 1 saturated heterocycles. The van der Waals surface area contributed by atoms with Gasteiger partial charge in [-0.25, -0.2) is 0 Å². The molecule has 0 bridgehead atoms. The van der Waals surface area contributed by atoms with Gasteiger partial charge < -0.3 is 20.1 Å². The molecule has 0 aromatic heterocycles. The SMILES string of the molecule is CC(C)(O)[C@]1(C(=O)NCc2cccc(OC(F)F)c2)CC[C@@H](N2CCC(c3ccccc3)CC2)C1. The van der Waals surface area contributed by atoms with Gasteiger partial charge in [-0.15, -0.1) is 0 Å². The fourth-order valence-corrected chi connectivity index (χ4v) is 5.88. The van der Waals surface area contributed by atoms with E-state index in [9.17, 15) is 18.7 Å². The van der Waals surface area contributed by atoms with E-state index in [1.807, 2.05) is 6.07 Å². The highest BCUT2D eigenvalue weighted by Crippen LogP contribution is 2.49. The van der Waals surface area contributed by atoms with E-state index in [1.165, 1.54) is 17.7 Å². The number of ether oxygens (including phenoxy) is 1. The normalized spacial score (nSPS) is 24.0. The number of benzene rings is 2. The minimum Gasteiger partial charge on any atom is -0.435 e. The summed E-state index contributed by atoms with van der Waals surface area (Å²) >= 11 is 0. The van der Waals surface area contributed by atoms with Crippen molar-refractivity contribution < 1.29 is 23.4 Å². The Kier molecular flexibility index (Phi) is 7.77. The average Bonchev–Trinajstić information content (AvgIpc) is 3.30. The summed E-state index contributed by atoms with van der Waals surface area (Å²) in [4.78, 5) is 16.0. The van der Waals surface area contributed by atoms with Crippen LogP contribution in [0.3, 0.4) is 0 Å². The van der Waals surface area contributed by atoms with Gasteiger partial charge in [-0.05, 0) is 88.2 Å². The van der Waals surface area contributed by atoms with Gasteiger partial charge in [0.2, 0.25) is 5.91 Å². The first-order valence-electron chi connectivity index (χ1n) is 12.5.